The predicted molar refractivity (Wildman–Crippen MR) is 89.7 cm³/mol. The number of nitrogens with one attached hydrogen (secondary N) is 1. The summed E-state index contributed by atoms with van der Waals surface area (Å²) in [7, 11) is 0. The molecule has 1 aromatic carbocycles. The van der Waals surface area contributed by atoms with Crippen molar-refractivity contribution in [3.63, 3.8) is 0 Å². The van der Waals surface area contributed by atoms with Gasteiger partial charge in [-0.15, -0.1) is 11.7 Å². The molecule has 0 unspecified atom stereocenters. The summed E-state index contributed by atoms with van der Waals surface area (Å²) in [6, 6.07) is 7.44. The van der Waals surface area contributed by atoms with Gasteiger partial charge in [0, 0.05) is 5.39 Å². The number of aromatic nitrogens is 6. The average molecular weight is 340 g/mol. The molecule has 0 aliphatic rings. The number of fused-ring (bicyclic) bond motifs is 3. The van der Waals surface area contributed by atoms with Crippen LogP contribution in [0.25, 0.3) is 22.1 Å². The van der Waals surface area contributed by atoms with E-state index in [2.05, 4.69) is 32.1 Å². The fourth-order valence-electron chi connectivity index (χ4n) is 2.39. The zero-order valence-electron chi connectivity index (χ0n) is 12.5. The van der Waals surface area contributed by atoms with E-state index in [-0.39, 0.29) is 11.1 Å². The van der Waals surface area contributed by atoms with Crippen LogP contribution in [0.4, 0.5) is 0 Å². The van der Waals surface area contributed by atoms with Gasteiger partial charge in [0.1, 0.15) is 16.9 Å². The Labute approximate surface area is 139 Å². The van der Waals surface area contributed by atoms with Gasteiger partial charge in [-0.2, -0.15) is 0 Å². The molecule has 0 amide bonds. The van der Waals surface area contributed by atoms with Crippen LogP contribution in [0.1, 0.15) is 5.82 Å². The van der Waals surface area contributed by atoms with Gasteiger partial charge in [0.25, 0.3) is 5.56 Å². The molecule has 24 heavy (non-hydrogen) atoms. The summed E-state index contributed by atoms with van der Waals surface area (Å²) in [5.74, 6) is 0.972. The highest BCUT2D eigenvalue weighted by Crippen LogP contribution is 2.25. The molecular formula is C15H12N6O2S. The number of tetrazole rings is 1. The smallest absolute Gasteiger partial charge is 0.294 e. The zero-order valence-corrected chi connectivity index (χ0v) is 13.3. The lowest BCUT2D eigenvalue weighted by atomic mass is 10.2. The molecule has 9 heteroatoms. The Morgan fingerprint density at radius 2 is 2.25 bits per heavy atom. The van der Waals surface area contributed by atoms with Crippen LogP contribution in [0.2, 0.25) is 0 Å². The monoisotopic (exact) mass is 340 g/mol. The lowest BCUT2D eigenvalue weighted by Gasteiger charge is -2.01. The van der Waals surface area contributed by atoms with Gasteiger partial charge in [0.15, 0.2) is 0 Å². The largest absolute Gasteiger partial charge is 0.449 e. The van der Waals surface area contributed by atoms with Crippen molar-refractivity contribution in [1.29, 1.82) is 0 Å². The molecule has 120 valence electrons. The van der Waals surface area contributed by atoms with Gasteiger partial charge in [-0.1, -0.05) is 30.0 Å². The number of para-hydroxylation sites is 1. The van der Waals surface area contributed by atoms with Gasteiger partial charge < -0.3 is 9.40 Å². The predicted octanol–water partition coefficient (Wildman–Crippen LogP) is 2.13. The summed E-state index contributed by atoms with van der Waals surface area (Å²) in [4.78, 5) is 19.5. The Kier molecular flexibility index (Phi) is 3.62. The Balaban J connectivity index is 1.69. The fraction of sp³-hybridized carbons (Fsp3) is 0.133. The zero-order chi connectivity index (χ0) is 16.5. The first-order valence-electron chi connectivity index (χ1n) is 7.16. The highest BCUT2D eigenvalue weighted by molar-refractivity contribution is 7.98. The van der Waals surface area contributed by atoms with E-state index in [1.54, 1.807) is 10.8 Å². The number of nitrogens with zero attached hydrogens (tertiary/aromatic N) is 5. The van der Waals surface area contributed by atoms with E-state index in [9.17, 15) is 4.79 Å². The van der Waals surface area contributed by atoms with Crippen molar-refractivity contribution in [3.05, 3.63) is 53.1 Å². The number of aromatic amines is 1. The molecule has 3 aromatic heterocycles. The molecule has 1 N–H and O–H groups in total. The number of thioether (sulfide) groups is 1. The van der Waals surface area contributed by atoms with Gasteiger partial charge in [0.2, 0.25) is 10.7 Å². The van der Waals surface area contributed by atoms with Crippen molar-refractivity contribution in [3.8, 4) is 0 Å². The van der Waals surface area contributed by atoms with Crippen LogP contribution in [0.15, 0.2) is 51.3 Å². The molecule has 0 fully saturated rings. The summed E-state index contributed by atoms with van der Waals surface area (Å²) >= 11 is 1.39. The molecule has 0 spiro atoms. The van der Waals surface area contributed by atoms with Crippen LogP contribution in [0, 0.1) is 0 Å². The van der Waals surface area contributed by atoms with Crippen molar-refractivity contribution in [2.45, 2.75) is 17.5 Å². The summed E-state index contributed by atoms with van der Waals surface area (Å²) < 4.78 is 7.21. The molecule has 0 saturated carbocycles. The third-order valence-electron chi connectivity index (χ3n) is 3.42. The van der Waals surface area contributed by atoms with Gasteiger partial charge >= 0.3 is 0 Å². The van der Waals surface area contributed by atoms with Crippen molar-refractivity contribution in [1.82, 2.24) is 30.2 Å². The van der Waals surface area contributed by atoms with Crippen molar-refractivity contribution >= 4 is 33.8 Å². The maximum atomic E-state index is 12.2. The first-order valence-corrected chi connectivity index (χ1v) is 8.15. The fourth-order valence-corrected chi connectivity index (χ4v) is 3.14. The molecule has 4 rings (SSSR count). The first kappa shape index (κ1) is 14.6. The molecular weight excluding hydrogens is 328 g/mol. The molecule has 3 heterocycles. The van der Waals surface area contributed by atoms with Crippen LogP contribution in [-0.4, -0.2) is 30.2 Å². The summed E-state index contributed by atoms with van der Waals surface area (Å²) in [5, 5.41) is 12.9. The van der Waals surface area contributed by atoms with Crippen LogP contribution >= 0.6 is 11.8 Å². The van der Waals surface area contributed by atoms with Gasteiger partial charge in [-0.3, -0.25) is 4.79 Å². The number of allylic oxidation sites excluding steroid dienone is 1. The summed E-state index contributed by atoms with van der Waals surface area (Å²) in [6.45, 7) is 4.19. The van der Waals surface area contributed by atoms with E-state index in [1.165, 1.54) is 11.8 Å². The maximum absolute atomic E-state index is 12.2. The highest BCUT2D eigenvalue weighted by Gasteiger charge is 2.14. The Morgan fingerprint density at radius 3 is 3.12 bits per heavy atom. The second-order valence-electron chi connectivity index (χ2n) is 5.01. The average Bonchev–Trinajstić information content (AvgIpc) is 3.18. The Hall–Kier alpha value is -2.94. The third-order valence-corrected chi connectivity index (χ3v) is 4.39. The van der Waals surface area contributed by atoms with Gasteiger partial charge in [-0.25, -0.2) is 9.67 Å². The van der Waals surface area contributed by atoms with Gasteiger partial charge in [-0.05, 0) is 22.6 Å². The number of benzene rings is 1. The number of rotatable bonds is 5. The minimum atomic E-state index is -0.294. The summed E-state index contributed by atoms with van der Waals surface area (Å²) in [6.07, 6.45) is 1.71. The van der Waals surface area contributed by atoms with Gasteiger partial charge in [0.05, 0.1) is 12.3 Å². The normalized spacial score (nSPS) is 11.3. The van der Waals surface area contributed by atoms with Crippen LogP contribution in [0.5, 0.6) is 0 Å². The van der Waals surface area contributed by atoms with E-state index in [0.717, 1.165) is 5.39 Å². The summed E-state index contributed by atoms with van der Waals surface area (Å²) in [5.41, 5.74) is 1.15. The number of hydrogen-bond acceptors (Lipinski definition) is 7. The molecule has 0 bridgehead atoms. The highest BCUT2D eigenvalue weighted by atomic mass is 32.2. The lowest BCUT2D eigenvalue weighted by molar-refractivity contribution is 0.614. The van der Waals surface area contributed by atoms with Crippen LogP contribution in [-0.2, 0) is 12.3 Å². The minimum Gasteiger partial charge on any atom is -0.449 e. The maximum Gasteiger partial charge on any atom is 0.294 e. The second kappa shape index (κ2) is 5.93. The number of H-pyrrole nitrogens is 1. The van der Waals surface area contributed by atoms with E-state index in [1.807, 2.05) is 24.3 Å². The molecule has 0 aliphatic heterocycles. The number of furan rings is 1. The minimum absolute atomic E-state index is 0.237. The molecule has 0 atom stereocenters. The Bertz CT molecular complexity index is 1100. The van der Waals surface area contributed by atoms with E-state index >= 15 is 0 Å². The van der Waals surface area contributed by atoms with Crippen LogP contribution < -0.4 is 5.56 Å². The second-order valence-corrected chi connectivity index (χ2v) is 5.95. The third kappa shape index (κ3) is 2.48. The molecule has 0 aliphatic carbocycles. The standard InChI is InChI=1S/C15H12N6O2S/c1-2-7-21-15(18-19-20-21)24-8-11-16-12-9-5-3-4-6-10(9)23-13(12)14(22)17-11/h2-6H,1,7-8H2,(H,16,17,22). The van der Waals surface area contributed by atoms with E-state index in [0.29, 0.717) is 34.4 Å². The topological polar surface area (TPSA) is 102 Å². The Morgan fingerprint density at radius 1 is 1.38 bits per heavy atom. The van der Waals surface area contributed by atoms with Crippen molar-refractivity contribution < 1.29 is 4.42 Å². The van der Waals surface area contributed by atoms with Crippen molar-refractivity contribution in [2.75, 3.05) is 0 Å². The van der Waals surface area contributed by atoms with Crippen molar-refractivity contribution in [2.24, 2.45) is 0 Å². The quantitative estimate of drug-likeness (QED) is 0.438. The molecule has 8 nitrogen and oxygen atoms in total. The first-order chi connectivity index (χ1) is 11.8. The van der Waals surface area contributed by atoms with Crippen LogP contribution in [0.3, 0.4) is 0 Å². The van der Waals surface area contributed by atoms with E-state index in [4.69, 9.17) is 4.42 Å². The number of hydrogen-bond donors (Lipinski definition) is 1. The lowest BCUT2D eigenvalue weighted by Crippen LogP contribution is -2.10. The van der Waals surface area contributed by atoms with E-state index < -0.39 is 0 Å². The molecule has 0 saturated heterocycles. The molecule has 0 radical (unpaired) electrons. The molecule has 4 aromatic rings. The SMILES string of the molecule is C=CCn1nnnc1SCc1nc2c(oc3ccccc32)c(=O)[nH]1.